The van der Waals surface area contributed by atoms with E-state index in [4.69, 9.17) is 0 Å². The quantitative estimate of drug-likeness (QED) is 0.787. The van der Waals surface area contributed by atoms with Gasteiger partial charge in [-0.3, -0.25) is 14.9 Å². The van der Waals surface area contributed by atoms with E-state index in [0.717, 1.165) is 0 Å². The molecule has 1 aromatic heterocycles. The van der Waals surface area contributed by atoms with Gasteiger partial charge in [0, 0.05) is 12.4 Å². The summed E-state index contributed by atoms with van der Waals surface area (Å²) < 4.78 is 1.80. The Bertz CT molecular complexity index is 599. The molecule has 2 saturated heterocycles. The molecular weight excluding hydrogens is 274 g/mol. The molecule has 3 atom stereocenters. The minimum Gasteiger partial charge on any atom is -0.329 e. The van der Waals surface area contributed by atoms with Gasteiger partial charge in [0.2, 0.25) is 11.8 Å². The summed E-state index contributed by atoms with van der Waals surface area (Å²) in [5.74, 6) is -0.734. The molecule has 2 aliphatic heterocycles. The summed E-state index contributed by atoms with van der Waals surface area (Å²) in [7, 11) is 0. The molecule has 0 bridgehead atoms. The number of fused-ring (bicyclic) bond motifs is 1. The summed E-state index contributed by atoms with van der Waals surface area (Å²) in [6.07, 6.45) is 5.58. The number of nitrogens with zero attached hydrogens (tertiary/aromatic N) is 3. The van der Waals surface area contributed by atoms with E-state index in [9.17, 15) is 14.4 Å². The minimum absolute atomic E-state index is 0.00830. The molecule has 3 rings (SSSR count). The third kappa shape index (κ3) is 1.82. The van der Waals surface area contributed by atoms with Gasteiger partial charge in [0.05, 0.1) is 18.8 Å². The molecule has 112 valence electrons. The normalized spacial score (nSPS) is 32.5. The van der Waals surface area contributed by atoms with E-state index in [1.165, 1.54) is 4.90 Å². The average Bonchev–Trinajstić information content (AvgIpc) is 2.96. The molecule has 8 heteroatoms. The number of carbonyl (C=O) groups excluding carboxylic acids is 3. The molecule has 2 N–H and O–H groups in total. The summed E-state index contributed by atoms with van der Waals surface area (Å²) in [5.41, 5.74) is -0.762. The van der Waals surface area contributed by atoms with E-state index in [0.29, 0.717) is 6.42 Å². The highest BCUT2D eigenvalue weighted by atomic mass is 16.2. The zero-order chi connectivity index (χ0) is 15.2. The van der Waals surface area contributed by atoms with Crippen molar-refractivity contribution in [1.82, 2.24) is 25.1 Å². The van der Waals surface area contributed by atoms with Crippen LogP contribution in [0.4, 0.5) is 4.79 Å². The van der Waals surface area contributed by atoms with E-state index in [1.54, 1.807) is 23.3 Å². The van der Waals surface area contributed by atoms with Crippen molar-refractivity contribution in [1.29, 1.82) is 0 Å². The molecule has 4 amide bonds. The smallest absolute Gasteiger partial charge is 0.325 e. The molecule has 21 heavy (non-hydrogen) atoms. The number of carbonyl (C=O) groups is 3. The zero-order valence-corrected chi connectivity index (χ0v) is 11.9. The third-order valence-corrected chi connectivity index (χ3v) is 4.45. The highest BCUT2D eigenvalue weighted by Crippen LogP contribution is 2.33. The minimum atomic E-state index is -0.762. The van der Waals surface area contributed by atoms with Gasteiger partial charge in [0.1, 0.15) is 11.7 Å². The first-order valence-electron chi connectivity index (χ1n) is 6.92. The van der Waals surface area contributed by atoms with Gasteiger partial charge in [-0.1, -0.05) is 6.92 Å². The van der Waals surface area contributed by atoms with E-state index < -0.39 is 23.6 Å². The van der Waals surface area contributed by atoms with Gasteiger partial charge in [-0.2, -0.15) is 0 Å². The predicted octanol–water partition coefficient (Wildman–Crippen LogP) is -0.225. The SMILES string of the molecule is CCC1(n2ccnc2)NC(=O)C2CC(=O)NC(=O)N2C1C. The number of aromatic nitrogens is 2. The molecular formula is C13H17N5O3. The van der Waals surface area contributed by atoms with E-state index in [2.05, 4.69) is 15.6 Å². The Balaban J connectivity index is 2.05. The van der Waals surface area contributed by atoms with Crippen LogP contribution in [-0.2, 0) is 15.3 Å². The Labute approximate surface area is 121 Å². The third-order valence-electron chi connectivity index (χ3n) is 4.45. The average molecular weight is 291 g/mol. The maximum absolute atomic E-state index is 12.4. The van der Waals surface area contributed by atoms with Crippen LogP contribution in [0.5, 0.6) is 0 Å². The maximum Gasteiger partial charge on any atom is 0.325 e. The monoisotopic (exact) mass is 291 g/mol. The van der Waals surface area contributed by atoms with Crippen LogP contribution >= 0.6 is 0 Å². The molecule has 2 aliphatic rings. The van der Waals surface area contributed by atoms with Gasteiger partial charge in [-0.25, -0.2) is 9.78 Å². The van der Waals surface area contributed by atoms with E-state index >= 15 is 0 Å². The van der Waals surface area contributed by atoms with Crippen LogP contribution in [0.25, 0.3) is 0 Å². The number of piperazine rings is 1. The molecule has 1 aromatic rings. The standard InChI is InChI=1S/C13H17N5O3/c1-3-13(17-5-4-14-7-17)8(2)18-9(11(20)16-13)6-10(19)15-12(18)21/h4-5,7-9H,3,6H2,1-2H3,(H,16,20)(H,15,19,21). The van der Waals surface area contributed by atoms with Gasteiger partial charge in [-0.15, -0.1) is 0 Å². The van der Waals surface area contributed by atoms with Gasteiger partial charge in [-0.05, 0) is 13.3 Å². The van der Waals surface area contributed by atoms with Crippen molar-refractivity contribution in [2.24, 2.45) is 0 Å². The zero-order valence-electron chi connectivity index (χ0n) is 11.9. The fourth-order valence-electron chi connectivity index (χ4n) is 3.29. The van der Waals surface area contributed by atoms with Crippen LogP contribution < -0.4 is 10.6 Å². The lowest BCUT2D eigenvalue weighted by Gasteiger charge is -2.53. The van der Waals surface area contributed by atoms with Crippen molar-refractivity contribution in [3.05, 3.63) is 18.7 Å². The molecule has 0 aromatic carbocycles. The molecule has 3 unspecified atom stereocenters. The largest absolute Gasteiger partial charge is 0.329 e. The van der Waals surface area contributed by atoms with Crippen molar-refractivity contribution in [2.45, 2.75) is 44.4 Å². The predicted molar refractivity (Wildman–Crippen MR) is 71.9 cm³/mol. The molecule has 0 radical (unpaired) electrons. The first kappa shape index (κ1) is 13.6. The Morgan fingerprint density at radius 2 is 2.19 bits per heavy atom. The molecule has 0 spiro atoms. The number of hydrogen-bond acceptors (Lipinski definition) is 4. The summed E-state index contributed by atoms with van der Waals surface area (Å²) >= 11 is 0. The summed E-state index contributed by atoms with van der Waals surface area (Å²) in [6, 6.07) is -1.58. The van der Waals surface area contributed by atoms with Gasteiger partial charge in [0.25, 0.3) is 0 Å². The van der Waals surface area contributed by atoms with Gasteiger partial charge in [0.15, 0.2) is 0 Å². The summed E-state index contributed by atoms with van der Waals surface area (Å²) in [4.78, 5) is 41.5. The highest BCUT2D eigenvalue weighted by Gasteiger charge is 2.53. The Morgan fingerprint density at radius 3 is 2.81 bits per heavy atom. The Hall–Kier alpha value is -2.38. The van der Waals surface area contributed by atoms with Crippen LogP contribution in [-0.4, -0.2) is 44.4 Å². The molecule has 2 fully saturated rings. The first-order chi connectivity index (χ1) is 9.99. The van der Waals surface area contributed by atoms with Crippen molar-refractivity contribution < 1.29 is 14.4 Å². The second kappa shape index (κ2) is 4.57. The molecule has 8 nitrogen and oxygen atoms in total. The highest BCUT2D eigenvalue weighted by molar-refractivity contribution is 6.03. The number of imide groups is 1. The van der Waals surface area contributed by atoms with Gasteiger partial charge >= 0.3 is 6.03 Å². The maximum atomic E-state index is 12.4. The number of hydrogen-bond donors (Lipinski definition) is 2. The summed E-state index contributed by atoms with van der Waals surface area (Å²) in [5, 5.41) is 5.26. The second-order valence-corrected chi connectivity index (χ2v) is 5.39. The van der Waals surface area contributed by atoms with Crippen molar-refractivity contribution in [3.63, 3.8) is 0 Å². The van der Waals surface area contributed by atoms with E-state index in [1.807, 2.05) is 13.8 Å². The van der Waals surface area contributed by atoms with Crippen LogP contribution in [0, 0.1) is 0 Å². The van der Waals surface area contributed by atoms with E-state index in [-0.39, 0.29) is 18.4 Å². The lowest BCUT2D eigenvalue weighted by atomic mass is 9.89. The number of amides is 4. The van der Waals surface area contributed by atoms with Crippen LogP contribution in [0.3, 0.4) is 0 Å². The lowest BCUT2D eigenvalue weighted by molar-refractivity contribution is -0.144. The number of urea groups is 1. The van der Waals surface area contributed by atoms with Crippen molar-refractivity contribution in [3.8, 4) is 0 Å². The summed E-state index contributed by atoms with van der Waals surface area (Å²) in [6.45, 7) is 3.80. The van der Waals surface area contributed by atoms with Crippen LogP contribution in [0.2, 0.25) is 0 Å². The fraction of sp³-hybridized carbons (Fsp3) is 0.538. The second-order valence-electron chi connectivity index (χ2n) is 5.39. The molecule has 0 saturated carbocycles. The van der Waals surface area contributed by atoms with Crippen molar-refractivity contribution >= 4 is 17.8 Å². The van der Waals surface area contributed by atoms with Gasteiger partial charge < -0.3 is 14.8 Å². The Kier molecular flexibility index (Phi) is 2.96. The first-order valence-corrected chi connectivity index (χ1v) is 6.92. The Morgan fingerprint density at radius 1 is 1.43 bits per heavy atom. The van der Waals surface area contributed by atoms with Crippen LogP contribution in [0.15, 0.2) is 18.7 Å². The molecule has 0 aliphatic carbocycles. The number of nitrogens with one attached hydrogen (secondary N) is 2. The van der Waals surface area contributed by atoms with Crippen molar-refractivity contribution in [2.75, 3.05) is 0 Å². The topological polar surface area (TPSA) is 96.3 Å². The number of imidazole rings is 1. The number of rotatable bonds is 2. The van der Waals surface area contributed by atoms with Crippen LogP contribution in [0.1, 0.15) is 26.7 Å². The lowest BCUT2D eigenvalue weighted by Crippen LogP contribution is -2.75. The molecule has 3 heterocycles. The fourth-order valence-corrected chi connectivity index (χ4v) is 3.29.